The van der Waals surface area contributed by atoms with Crippen LogP contribution in [-0.2, 0) is 19.9 Å². The molecule has 0 atom stereocenters. The predicted molar refractivity (Wildman–Crippen MR) is 196 cm³/mol. The van der Waals surface area contributed by atoms with Gasteiger partial charge in [-0.3, -0.25) is 0 Å². The van der Waals surface area contributed by atoms with E-state index >= 15 is 0 Å². The summed E-state index contributed by atoms with van der Waals surface area (Å²) < 4.78 is 8.89. The molecule has 9 aromatic rings. The van der Waals surface area contributed by atoms with Gasteiger partial charge in [-0.2, -0.15) is 0 Å². The average molecular weight is 593 g/mol. The van der Waals surface area contributed by atoms with Crippen molar-refractivity contribution in [3.05, 3.63) is 146 Å². The number of aryl methyl sites for hydroxylation is 1. The molecule has 6 aromatic carbocycles. The quantitative estimate of drug-likeness (QED) is 0.191. The molecule has 0 radical (unpaired) electrons. The number of nitrogens with zero attached hydrogens (tertiary/aromatic N) is 1. The van der Waals surface area contributed by atoms with Crippen molar-refractivity contribution in [2.45, 2.75) is 12.8 Å². The number of allylic oxidation sites excluding steroid dienone is 2. The van der Waals surface area contributed by atoms with E-state index in [4.69, 9.17) is 4.42 Å². The normalized spacial score (nSPS) is 11.9. The Kier molecular flexibility index (Phi) is 5.85. The van der Waals surface area contributed by atoms with Gasteiger partial charge >= 0.3 is 0 Å². The van der Waals surface area contributed by atoms with Crippen LogP contribution in [0.4, 0.5) is 0 Å². The van der Waals surface area contributed by atoms with Crippen LogP contribution in [0.5, 0.6) is 0 Å². The lowest BCUT2D eigenvalue weighted by atomic mass is 9.98. The van der Waals surface area contributed by atoms with Crippen molar-refractivity contribution in [2.24, 2.45) is 7.05 Å². The molecule has 0 unspecified atom stereocenters. The molecule has 0 amide bonds. The highest BCUT2D eigenvalue weighted by atomic mass is 16.3. The number of hydrogen-bond donors (Lipinski definition) is 1. The molecular formula is C43H32N2O. The van der Waals surface area contributed by atoms with Gasteiger partial charge in [-0.25, -0.2) is 0 Å². The summed E-state index contributed by atoms with van der Waals surface area (Å²) in [5.41, 5.74) is 13.7. The number of furan rings is 1. The number of para-hydroxylation sites is 1. The molecule has 0 saturated carbocycles. The molecule has 0 bridgehead atoms. The first kappa shape index (κ1) is 26.6. The Bertz CT molecular complexity index is 2690. The summed E-state index contributed by atoms with van der Waals surface area (Å²) in [7, 11) is 2.14. The molecule has 9 rings (SSSR count). The molecule has 1 N–H and O–H groups in total. The smallest absolute Gasteiger partial charge is 0.143 e. The maximum Gasteiger partial charge on any atom is 0.143 e. The minimum atomic E-state index is 0.860. The zero-order valence-corrected chi connectivity index (χ0v) is 25.7. The summed E-state index contributed by atoms with van der Waals surface area (Å²) in [5, 5.41) is 7.25. The minimum absolute atomic E-state index is 0.860. The second-order valence-corrected chi connectivity index (χ2v) is 12.4. The molecule has 3 heterocycles. The van der Waals surface area contributed by atoms with Crippen molar-refractivity contribution in [1.82, 2.24) is 9.55 Å². The van der Waals surface area contributed by atoms with E-state index in [9.17, 15) is 0 Å². The third-order valence-electron chi connectivity index (χ3n) is 9.63. The van der Waals surface area contributed by atoms with Gasteiger partial charge in [0.05, 0.1) is 0 Å². The molecule has 0 spiro atoms. The van der Waals surface area contributed by atoms with Gasteiger partial charge < -0.3 is 14.0 Å². The largest absolute Gasteiger partial charge is 0.455 e. The Hall–Kier alpha value is -5.80. The third-order valence-corrected chi connectivity index (χ3v) is 9.63. The summed E-state index contributed by atoms with van der Waals surface area (Å²) in [6.45, 7) is 7.85. The number of aromatic nitrogens is 2. The molecule has 0 saturated heterocycles. The van der Waals surface area contributed by atoms with Crippen LogP contribution in [0.1, 0.15) is 11.1 Å². The summed E-state index contributed by atoms with van der Waals surface area (Å²) in [6, 6.07) is 39.9. The number of rotatable bonds is 6. The maximum atomic E-state index is 6.61. The number of benzene rings is 6. The van der Waals surface area contributed by atoms with Crippen molar-refractivity contribution < 1.29 is 4.42 Å². The number of H-pyrrole nitrogens is 1. The van der Waals surface area contributed by atoms with Crippen LogP contribution in [-0.4, -0.2) is 9.55 Å². The van der Waals surface area contributed by atoms with Gasteiger partial charge in [0, 0.05) is 67.0 Å². The lowest BCUT2D eigenvalue weighted by Gasteiger charge is -2.05. The van der Waals surface area contributed by atoms with Gasteiger partial charge in [-0.15, -0.1) is 13.2 Å². The number of fused-ring (bicyclic) bond motifs is 9. The molecule has 3 aromatic heterocycles. The van der Waals surface area contributed by atoms with E-state index in [0.717, 1.165) is 56.9 Å². The Morgan fingerprint density at radius 3 is 1.96 bits per heavy atom. The van der Waals surface area contributed by atoms with E-state index in [1.54, 1.807) is 0 Å². The number of nitrogens with one attached hydrogen (secondary N) is 1. The van der Waals surface area contributed by atoms with Gasteiger partial charge in [-0.1, -0.05) is 60.7 Å². The fraction of sp³-hybridized carbons (Fsp3) is 0.0698. The molecule has 0 aliphatic rings. The monoisotopic (exact) mass is 592 g/mol. The average Bonchev–Trinajstić information content (AvgIpc) is 3.73. The fourth-order valence-corrected chi connectivity index (χ4v) is 7.35. The Morgan fingerprint density at radius 1 is 0.587 bits per heavy atom. The van der Waals surface area contributed by atoms with Gasteiger partial charge in [0.15, 0.2) is 0 Å². The highest BCUT2D eigenvalue weighted by molar-refractivity contribution is 6.14. The van der Waals surface area contributed by atoms with Crippen LogP contribution in [0, 0.1) is 0 Å². The first-order valence-corrected chi connectivity index (χ1v) is 15.8. The van der Waals surface area contributed by atoms with Crippen molar-refractivity contribution in [3.63, 3.8) is 0 Å². The molecular weight excluding hydrogens is 560 g/mol. The minimum Gasteiger partial charge on any atom is -0.455 e. The Balaban J connectivity index is 1.18. The molecule has 220 valence electrons. The van der Waals surface area contributed by atoms with Gasteiger partial charge in [0.25, 0.3) is 0 Å². The summed E-state index contributed by atoms with van der Waals surface area (Å²) in [6.07, 6.45) is 5.64. The highest BCUT2D eigenvalue weighted by Crippen LogP contribution is 2.40. The van der Waals surface area contributed by atoms with Crippen LogP contribution in [0.2, 0.25) is 0 Å². The lowest BCUT2D eigenvalue weighted by molar-refractivity contribution is 0.670. The van der Waals surface area contributed by atoms with Crippen LogP contribution >= 0.6 is 0 Å². The summed E-state index contributed by atoms with van der Waals surface area (Å²) in [5.74, 6) is 0. The zero-order chi connectivity index (χ0) is 30.9. The molecule has 0 aliphatic carbocycles. The summed E-state index contributed by atoms with van der Waals surface area (Å²) >= 11 is 0. The predicted octanol–water partition coefficient (Wildman–Crippen LogP) is 11.7. The van der Waals surface area contributed by atoms with E-state index in [0.29, 0.717) is 0 Å². The van der Waals surface area contributed by atoms with Crippen LogP contribution in [0.3, 0.4) is 0 Å². The van der Waals surface area contributed by atoms with Crippen molar-refractivity contribution >= 4 is 65.6 Å². The highest BCUT2D eigenvalue weighted by Gasteiger charge is 2.16. The third kappa shape index (κ3) is 3.98. The van der Waals surface area contributed by atoms with Crippen LogP contribution in [0.15, 0.2) is 139 Å². The van der Waals surface area contributed by atoms with Gasteiger partial charge in [-0.05, 0) is 101 Å². The topological polar surface area (TPSA) is 33.9 Å². The molecule has 0 aliphatic heterocycles. The lowest BCUT2D eigenvalue weighted by Crippen LogP contribution is -1.87. The van der Waals surface area contributed by atoms with E-state index < -0.39 is 0 Å². The van der Waals surface area contributed by atoms with E-state index in [1.165, 1.54) is 54.8 Å². The zero-order valence-electron chi connectivity index (χ0n) is 25.7. The van der Waals surface area contributed by atoms with Crippen LogP contribution < -0.4 is 0 Å². The SMILES string of the molecule is C=CCc1ccc2[nH]c3ccc(-c4ccc5oc6c(-c7ccc8c(c7)c7cc(CC=C)ccc7n8C)cccc6c5c4)cc3c2c1. The number of hydrogen-bond acceptors (Lipinski definition) is 1. The Morgan fingerprint density at radius 2 is 1.17 bits per heavy atom. The molecule has 3 heteroatoms. The summed E-state index contributed by atoms with van der Waals surface area (Å²) in [4.78, 5) is 3.58. The number of aromatic amines is 1. The van der Waals surface area contributed by atoms with E-state index in [1.807, 2.05) is 12.2 Å². The van der Waals surface area contributed by atoms with E-state index in [2.05, 4.69) is 139 Å². The van der Waals surface area contributed by atoms with Crippen molar-refractivity contribution in [2.75, 3.05) is 0 Å². The fourth-order valence-electron chi connectivity index (χ4n) is 7.35. The second kappa shape index (κ2) is 10.1. The molecule has 0 fully saturated rings. The molecule has 3 nitrogen and oxygen atoms in total. The van der Waals surface area contributed by atoms with Gasteiger partial charge in [0.2, 0.25) is 0 Å². The Labute approximate surface area is 266 Å². The first-order chi connectivity index (χ1) is 22.6. The van der Waals surface area contributed by atoms with E-state index in [-0.39, 0.29) is 0 Å². The molecule has 46 heavy (non-hydrogen) atoms. The first-order valence-electron chi connectivity index (χ1n) is 15.8. The van der Waals surface area contributed by atoms with Crippen molar-refractivity contribution in [1.29, 1.82) is 0 Å². The van der Waals surface area contributed by atoms with Gasteiger partial charge in [0.1, 0.15) is 11.2 Å². The maximum absolute atomic E-state index is 6.61. The van der Waals surface area contributed by atoms with Crippen molar-refractivity contribution in [3.8, 4) is 22.3 Å². The standard InChI is InChI=1S/C43H32N2O/c1-4-7-26-11-16-38-33(21-26)34-23-28(13-17-39(34)44-38)29-15-20-42-37(24-29)32-10-6-9-31(43(32)46-42)30-14-19-41-36(25-30)35-22-27(8-5-2)12-18-40(35)45(41)3/h4-6,9-25,44H,1-2,7-8H2,3H3. The van der Waals surface area contributed by atoms with Crippen LogP contribution in [0.25, 0.3) is 87.8 Å². The second-order valence-electron chi connectivity index (χ2n) is 12.4.